The molecule has 0 saturated heterocycles. The SMILES string of the molecule is Cc1cc(NC(=O)CN[C@@H](C)c2ccc(-c3cccnc3)cc2)no1. The molecule has 6 heteroatoms. The van der Waals surface area contributed by atoms with E-state index in [1.165, 1.54) is 0 Å². The predicted molar refractivity (Wildman–Crippen MR) is 96.0 cm³/mol. The first-order valence-electron chi connectivity index (χ1n) is 8.09. The summed E-state index contributed by atoms with van der Waals surface area (Å²) in [6, 6.07) is 13.9. The Morgan fingerprint density at radius 1 is 1.20 bits per heavy atom. The van der Waals surface area contributed by atoms with Crippen molar-refractivity contribution in [3.05, 3.63) is 66.2 Å². The van der Waals surface area contributed by atoms with E-state index in [0.717, 1.165) is 16.7 Å². The van der Waals surface area contributed by atoms with Gasteiger partial charge in [0.25, 0.3) is 0 Å². The topological polar surface area (TPSA) is 80.0 Å². The molecular weight excluding hydrogens is 316 g/mol. The minimum Gasteiger partial charge on any atom is -0.360 e. The Bertz CT molecular complexity index is 828. The molecule has 0 saturated carbocycles. The minimum absolute atomic E-state index is 0.0488. The van der Waals surface area contributed by atoms with Gasteiger partial charge in [-0.1, -0.05) is 35.5 Å². The number of hydrogen-bond donors (Lipinski definition) is 2. The highest BCUT2D eigenvalue weighted by Crippen LogP contribution is 2.21. The van der Waals surface area contributed by atoms with E-state index in [4.69, 9.17) is 4.52 Å². The Morgan fingerprint density at radius 2 is 2.00 bits per heavy atom. The molecule has 0 radical (unpaired) electrons. The number of anilines is 1. The van der Waals surface area contributed by atoms with E-state index in [2.05, 4.69) is 45.0 Å². The van der Waals surface area contributed by atoms with Crippen molar-refractivity contribution < 1.29 is 9.32 Å². The van der Waals surface area contributed by atoms with E-state index in [0.29, 0.717) is 11.6 Å². The summed E-state index contributed by atoms with van der Waals surface area (Å²) in [5.41, 5.74) is 3.30. The number of hydrogen-bond acceptors (Lipinski definition) is 5. The first-order chi connectivity index (χ1) is 12.1. The van der Waals surface area contributed by atoms with Gasteiger partial charge in [0.1, 0.15) is 5.76 Å². The van der Waals surface area contributed by atoms with Crippen LogP contribution in [-0.4, -0.2) is 22.6 Å². The second-order valence-electron chi connectivity index (χ2n) is 5.84. The van der Waals surface area contributed by atoms with Crippen LogP contribution in [0.2, 0.25) is 0 Å². The minimum atomic E-state index is -0.160. The predicted octanol–water partition coefficient (Wildman–Crippen LogP) is 3.33. The van der Waals surface area contributed by atoms with Crippen LogP contribution in [0.3, 0.4) is 0 Å². The van der Waals surface area contributed by atoms with Crippen molar-refractivity contribution in [2.45, 2.75) is 19.9 Å². The molecule has 128 valence electrons. The van der Waals surface area contributed by atoms with E-state index < -0.39 is 0 Å². The molecule has 0 aliphatic rings. The smallest absolute Gasteiger partial charge is 0.239 e. The van der Waals surface area contributed by atoms with Crippen molar-refractivity contribution in [1.82, 2.24) is 15.5 Å². The van der Waals surface area contributed by atoms with E-state index in [9.17, 15) is 4.79 Å². The van der Waals surface area contributed by atoms with Crippen molar-refractivity contribution >= 4 is 11.7 Å². The second kappa shape index (κ2) is 7.72. The van der Waals surface area contributed by atoms with Gasteiger partial charge in [0.05, 0.1) is 6.54 Å². The molecule has 0 unspecified atom stereocenters. The van der Waals surface area contributed by atoms with Crippen LogP contribution >= 0.6 is 0 Å². The molecule has 0 fully saturated rings. The second-order valence-corrected chi connectivity index (χ2v) is 5.84. The van der Waals surface area contributed by atoms with Crippen molar-refractivity contribution in [1.29, 1.82) is 0 Å². The molecular formula is C19H20N4O2. The number of carbonyl (C=O) groups excluding carboxylic acids is 1. The normalized spacial score (nSPS) is 11.9. The number of carbonyl (C=O) groups is 1. The van der Waals surface area contributed by atoms with Crippen molar-refractivity contribution in [3.8, 4) is 11.1 Å². The highest BCUT2D eigenvalue weighted by atomic mass is 16.5. The average Bonchev–Trinajstić information content (AvgIpc) is 3.05. The van der Waals surface area contributed by atoms with Crippen LogP contribution in [0.1, 0.15) is 24.3 Å². The standard InChI is InChI=1S/C19H20N4O2/c1-13-10-18(23-25-13)22-19(24)12-21-14(2)15-5-7-16(8-6-15)17-4-3-9-20-11-17/h3-11,14,21H,12H2,1-2H3,(H,22,23,24)/t14-/m0/s1. The quantitative estimate of drug-likeness (QED) is 0.722. The van der Waals surface area contributed by atoms with Crippen LogP contribution in [0.5, 0.6) is 0 Å². The van der Waals surface area contributed by atoms with Crippen LogP contribution < -0.4 is 10.6 Å². The molecule has 1 aromatic carbocycles. The fourth-order valence-corrected chi connectivity index (χ4v) is 2.47. The van der Waals surface area contributed by atoms with E-state index in [1.54, 1.807) is 19.2 Å². The van der Waals surface area contributed by atoms with Crippen molar-refractivity contribution in [2.24, 2.45) is 0 Å². The first kappa shape index (κ1) is 16.9. The molecule has 1 atom stereocenters. The number of benzene rings is 1. The van der Waals surface area contributed by atoms with Crippen LogP contribution in [0.4, 0.5) is 5.82 Å². The number of aryl methyl sites for hydroxylation is 1. The Hall–Kier alpha value is -2.99. The zero-order valence-electron chi connectivity index (χ0n) is 14.2. The number of nitrogens with one attached hydrogen (secondary N) is 2. The maximum Gasteiger partial charge on any atom is 0.239 e. The molecule has 2 aromatic heterocycles. The van der Waals surface area contributed by atoms with Crippen molar-refractivity contribution in [3.63, 3.8) is 0 Å². The Morgan fingerprint density at radius 3 is 2.64 bits per heavy atom. The highest BCUT2D eigenvalue weighted by molar-refractivity contribution is 5.91. The summed E-state index contributed by atoms with van der Waals surface area (Å²) in [6.07, 6.45) is 3.60. The highest BCUT2D eigenvalue weighted by Gasteiger charge is 2.10. The monoisotopic (exact) mass is 336 g/mol. The fraction of sp³-hybridized carbons (Fsp3) is 0.211. The third-order valence-corrected chi connectivity index (χ3v) is 3.87. The summed E-state index contributed by atoms with van der Waals surface area (Å²) in [7, 11) is 0. The molecule has 1 amide bonds. The van der Waals surface area contributed by atoms with Gasteiger partial charge in [0, 0.05) is 24.5 Å². The van der Waals surface area contributed by atoms with Crippen LogP contribution in [0.15, 0.2) is 59.4 Å². The van der Waals surface area contributed by atoms with Gasteiger partial charge in [-0.2, -0.15) is 0 Å². The molecule has 0 spiro atoms. The zero-order chi connectivity index (χ0) is 17.6. The molecule has 0 bridgehead atoms. The summed E-state index contributed by atoms with van der Waals surface area (Å²) >= 11 is 0. The van der Waals surface area contributed by atoms with Gasteiger partial charge < -0.3 is 15.2 Å². The lowest BCUT2D eigenvalue weighted by Gasteiger charge is -2.14. The molecule has 2 heterocycles. The summed E-state index contributed by atoms with van der Waals surface area (Å²) in [6.45, 7) is 3.99. The molecule has 3 aromatic rings. The Labute approximate surface area is 146 Å². The molecule has 3 rings (SSSR count). The van der Waals surface area contributed by atoms with Gasteiger partial charge in [0.2, 0.25) is 5.91 Å². The maximum absolute atomic E-state index is 11.9. The lowest BCUT2D eigenvalue weighted by Crippen LogP contribution is -2.30. The summed E-state index contributed by atoms with van der Waals surface area (Å²) in [4.78, 5) is 16.1. The summed E-state index contributed by atoms with van der Waals surface area (Å²) < 4.78 is 4.92. The fourth-order valence-electron chi connectivity index (χ4n) is 2.47. The van der Waals surface area contributed by atoms with Gasteiger partial charge in [-0.15, -0.1) is 0 Å². The third kappa shape index (κ3) is 4.51. The third-order valence-electron chi connectivity index (χ3n) is 3.87. The maximum atomic E-state index is 11.9. The lowest BCUT2D eigenvalue weighted by molar-refractivity contribution is -0.115. The van der Waals surface area contributed by atoms with E-state index in [1.807, 2.05) is 25.3 Å². The van der Waals surface area contributed by atoms with E-state index >= 15 is 0 Å². The Kier molecular flexibility index (Phi) is 5.20. The molecule has 25 heavy (non-hydrogen) atoms. The van der Waals surface area contributed by atoms with Gasteiger partial charge in [-0.3, -0.25) is 9.78 Å². The van der Waals surface area contributed by atoms with Crippen LogP contribution in [0, 0.1) is 6.92 Å². The van der Waals surface area contributed by atoms with Crippen LogP contribution in [0.25, 0.3) is 11.1 Å². The summed E-state index contributed by atoms with van der Waals surface area (Å²) in [5, 5.41) is 9.63. The number of nitrogens with zero attached hydrogens (tertiary/aromatic N) is 2. The largest absolute Gasteiger partial charge is 0.360 e. The lowest BCUT2D eigenvalue weighted by atomic mass is 10.0. The number of pyridine rings is 1. The molecule has 0 aliphatic heterocycles. The van der Waals surface area contributed by atoms with Crippen LogP contribution in [-0.2, 0) is 4.79 Å². The molecule has 6 nitrogen and oxygen atoms in total. The van der Waals surface area contributed by atoms with Gasteiger partial charge in [-0.05, 0) is 36.6 Å². The van der Waals surface area contributed by atoms with E-state index in [-0.39, 0.29) is 18.5 Å². The number of rotatable bonds is 6. The summed E-state index contributed by atoms with van der Waals surface area (Å²) in [5.74, 6) is 0.926. The van der Waals surface area contributed by atoms with Crippen molar-refractivity contribution in [2.75, 3.05) is 11.9 Å². The van der Waals surface area contributed by atoms with Gasteiger partial charge in [-0.25, -0.2) is 0 Å². The number of aromatic nitrogens is 2. The first-order valence-corrected chi connectivity index (χ1v) is 8.09. The molecule has 0 aliphatic carbocycles. The molecule has 2 N–H and O–H groups in total. The van der Waals surface area contributed by atoms with Gasteiger partial charge in [0.15, 0.2) is 5.82 Å². The number of amides is 1. The van der Waals surface area contributed by atoms with Gasteiger partial charge >= 0.3 is 0 Å². The zero-order valence-corrected chi connectivity index (χ0v) is 14.2. The average molecular weight is 336 g/mol. The Balaban J connectivity index is 1.54.